The molecule has 21 heavy (non-hydrogen) atoms. The molecule has 1 amide bonds. The minimum atomic E-state index is -0.388. The summed E-state index contributed by atoms with van der Waals surface area (Å²) in [5.74, 6) is -0.552. The Hall–Kier alpha value is -2.30. The Morgan fingerprint density at radius 3 is 2.71 bits per heavy atom. The topological polar surface area (TPSA) is 62.4 Å². The standard InChI is InChI=1S/C16H20N2O3/c1-4-21-15(19)10-18(11(2)3)16(20)13-6-5-7-14-12(13)8-9-17-14/h5-9,11,17H,4,10H2,1-3H3. The number of aromatic amines is 1. The number of rotatable bonds is 5. The number of benzene rings is 1. The zero-order chi connectivity index (χ0) is 15.4. The van der Waals surface area contributed by atoms with E-state index in [0.717, 1.165) is 10.9 Å². The number of nitrogens with zero attached hydrogens (tertiary/aromatic N) is 1. The summed E-state index contributed by atoms with van der Waals surface area (Å²) < 4.78 is 4.94. The third-order valence-electron chi connectivity index (χ3n) is 3.31. The lowest BCUT2D eigenvalue weighted by Crippen LogP contribution is -2.41. The van der Waals surface area contributed by atoms with Crippen LogP contribution in [0.1, 0.15) is 31.1 Å². The fraction of sp³-hybridized carbons (Fsp3) is 0.375. The molecule has 2 rings (SSSR count). The predicted molar refractivity (Wildman–Crippen MR) is 81.1 cm³/mol. The molecule has 1 N–H and O–H groups in total. The van der Waals surface area contributed by atoms with Gasteiger partial charge < -0.3 is 14.6 Å². The molecule has 0 bridgehead atoms. The lowest BCUT2D eigenvalue weighted by molar-refractivity contribution is -0.144. The first-order valence-corrected chi connectivity index (χ1v) is 7.07. The number of amides is 1. The van der Waals surface area contributed by atoms with Crippen LogP contribution in [0.15, 0.2) is 30.5 Å². The summed E-state index contributed by atoms with van der Waals surface area (Å²) in [7, 11) is 0. The SMILES string of the molecule is CCOC(=O)CN(C(=O)c1cccc2[nH]ccc12)C(C)C. The van der Waals surface area contributed by atoms with Gasteiger partial charge in [0.05, 0.1) is 6.61 Å². The second kappa shape index (κ2) is 6.43. The summed E-state index contributed by atoms with van der Waals surface area (Å²) in [6.07, 6.45) is 1.80. The average molecular weight is 288 g/mol. The van der Waals surface area contributed by atoms with E-state index in [9.17, 15) is 9.59 Å². The van der Waals surface area contributed by atoms with E-state index in [1.807, 2.05) is 32.0 Å². The molecule has 0 fully saturated rings. The number of carbonyl (C=O) groups excluding carboxylic acids is 2. The quantitative estimate of drug-likeness (QED) is 0.860. The van der Waals surface area contributed by atoms with Crippen LogP contribution in [-0.4, -0.2) is 41.0 Å². The molecule has 1 heterocycles. The van der Waals surface area contributed by atoms with Crippen molar-refractivity contribution in [3.63, 3.8) is 0 Å². The van der Waals surface area contributed by atoms with E-state index in [1.165, 1.54) is 4.90 Å². The Balaban J connectivity index is 2.30. The van der Waals surface area contributed by atoms with Gasteiger partial charge in [-0.15, -0.1) is 0 Å². The highest BCUT2D eigenvalue weighted by Crippen LogP contribution is 2.20. The van der Waals surface area contributed by atoms with Crippen molar-refractivity contribution < 1.29 is 14.3 Å². The van der Waals surface area contributed by atoms with Gasteiger partial charge in [-0.1, -0.05) is 6.07 Å². The summed E-state index contributed by atoms with van der Waals surface area (Å²) in [6, 6.07) is 7.30. The number of hydrogen-bond acceptors (Lipinski definition) is 3. The number of H-pyrrole nitrogens is 1. The van der Waals surface area contributed by atoms with Crippen LogP contribution in [0.5, 0.6) is 0 Å². The number of esters is 1. The third-order valence-corrected chi connectivity index (χ3v) is 3.31. The van der Waals surface area contributed by atoms with Gasteiger partial charge in [0, 0.05) is 28.7 Å². The van der Waals surface area contributed by atoms with Gasteiger partial charge in [0.1, 0.15) is 6.54 Å². The molecular weight excluding hydrogens is 268 g/mol. The first-order valence-electron chi connectivity index (χ1n) is 7.07. The van der Waals surface area contributed by atoms with Crippen LogP contribution in [0, 0.1) is 0 Å². The molecule has 112 valence electrons. The van der Waals surface area contributed by atoms with Crippen molar-refractivity contribution in [2.75, 3.05) is 13.2 Å². The first kappa shape index (κ1) is 15.1. The van der Waals surface area contributed by atoms with Crippen molar-refractivity contribution in [2.24, 2.45) is 0 Å². The molecular formula is C16H20N2O3. The van der Waals surface area contributed by atoms with Gasteiger partial charge in [-0.2, -0.15) is 0 Å². The molecule has 2 aromatic rings. The maximum Gasteiger partial charge on any atom is 0.325 e. The zero-order valence-electron chi connectivity index (χ0n) is 12.6. The van der Waals surface area contributed by atoms with Crippen molar-refractivity contribution in [3.05, 3.63) is 36.0 Å². The van der Waals surface area contributed by atoms with Crippen molar-refractivity contribution in [2.45, 2.75) is 26.8 Å². The Labute approximate surface area is 123 Å². The lowest BCUT2D eigenvalue weighted by Gasteiger charge is -2.26. The van der Waals surface area contributed by atoms with E-state index in [-0.39, 0.29) is 24.5 Å². The largest absolute Gasteiger partial charge is 0.465 e. The summed E-state index contributed by atoms with van der Waals surface area (Å²) in [4.78, 5) is 29.0. The van der Waals surface area contributed by atoms with Gasteiger partial charge in [0.25, 0.3) is 5.91 Å². The Morgan fingerprint density at radius 2 is 2.05 bits per heavy atom. The molecule has 0 aliphatic carbocycles. The number of carbonyl (C=O) groups is 2. The highest BCUT2D eigenvalue weighted by molar-refractivity contribution is 6.07. The summed E-state index contributed by atoms with van der Waals surface area (Å²) >= 11 is 0. The highest BCUT2D eigenvalue weighted by Gasteiger charge is 2.23. The number of fused-ring (bicyclic) bond motifs is 1. The van der Waals surface area contributed by atoms with Crippen LogP contribution in [0.25, 0.3) is 10.9 Å². The summed E-state index contributed by atoms with van der Waals surface area (Å²) in [6.45, 7) is 5.79. The molecule has 0 atom stereocenters. The number of nitrogens with one attached hydrogen (secondary N) is 1. The molecule has 0 spiro atoms. The van der Waals surface area contributed by atoms with Crippen LogP contribution in [0.3, 0.4) is 0 Å². The number of aromatic nitrogens is 1. The summed E-state index contributed by atoms with van der Waals surface area (Å²) in [5, 5.41) is 0.858. The van der Waals surface area contributed by atoms with Crippen molar-refractivity contribution in [1.29, 1.82) is 0 Å². The third kappa shape index (κ3) is 3.24. The van der Waals surface area contributed by atoms with Gasteiger partial charge in [-0.05, 0) is 39.0 Å². The monoisotopic (exact) mass is 288 g/mol. The average Bonchev–Trinajstić information content (AvgIpc) is 2.92. The van der Waals surface area contributed by atoms with Crippen molar-refractivity contribution in [1.82, 2.24) is 9.88 Å². The Kier molecular flexibility index (Phi) is 4.62. The lowest BCUT2D eigenvalue weighted by atomic mass is 10.1. The van der Waals surface area contributed by atoms with E-state index in [1.54, 1.807) is 19.2 Å². The molecule has 1 aromatic heterocycles. The number of ether oxygens (including phenoxy) is 1. The van der Waals surface area contributed by atoms with Gasteiger partial charge in [-0.25, -0.2) is 0 Å². The second-order valence-electron chi connectivity index (χ2n) is 5.08. The summed E-state index contributed by atoms with van der Waals surface area (Å²) in [5.41, 5.74) is 1.49. The second-order valence-corrected chi connectivity index (χ2v) is 5.08. The molecule has 0 aliphatic heterocycles. The van der Waals surface area contributed by atoms with Crippen molar-refractivity contribution in [3.8, 4) is 0 Å². The van der Waals surface area contributed by atoms with Crippen LogP contribution in [0.2, 0.25) is 0 Å². The van der Waals surface area contributed by atoms with Gasteiger partial charge >= 0.3 is 5.97 Å². The fourth-order valence-corrected chi connectivity index (χ4v) is 2.26. The van der Waals surface area contributed by atoms with E-state index < -0.39 is 0 Å². The normalized spacial score (nSPS) is 10.9. The molecule has 0 saturated carbocycles. The Bertz CT molecular complexity index is 646. The molecule has 1 aromatic carbocycles. The van der Waals surface area contributed by atoms with Crippen LogP contribution < -0.4 is 0 Å². The molecule has 0 aliphatic rings. The van der Waals surface area contributed by atoms with Crippen molar-refractivity contribution >= 4 is 22.8 Å². The predicted octanol–water partition coefficient (Wildman–Crippen LogP) is 2.58. The van der Waals surface area contributed by atoms with Crippen LogP contribution in [0.4, 0.5) is 0 Å². The minimum absolute atomic E-state index is 0.0366. The van der Waals surface area contributed by atoms with Crippen LogP contribution >= 0.6 is 0 Å². The smallest absolute Gasteiger partial charge is 0.325 e. The van der Waals surface area contributed by atoms with Gasteiger partial charge in [0.2, 0.25) is 0 Å². The molecule has 5 heteroatoms. The molecule has 0 saturated heterocycles. The first-order chi connectivity index (χ1) is 10.0. The molecule has 0 radical (unpaired) electrons. The van der Waals surface area contributed by atoms with E-state index >= 15 is 0 Å². The van der Waals surface area contributed by atoms with E-state index in [2.05, 4.69) is 4.98 Å². The van der Waals surface area contributed by atoms with Gasteiger partial charge in [0.15, 0.2) is 0 Å². The Morgan fingerprint density at radius 1 is 1.29 bits per heavy atom. The van der Waals surface area contributed by atoms with E-state index in [0.29, 0.717) is 12.2 Å². The molecule has 0 unspecified atom stereocenters. The maximum absolute atomic E-state index is 12.7. The van der Waals surface area contributed by atoms with E-state index in [4.69, 9.17) is 4.74 Å². The molecule has 5 nitrogen and oxygen atoms in total. The maximum atomic E-state index is 12.7. The minimum Gasteiger partial charge on any atom is -0.465 e. The zero-order valence-corrected chi connectivity index (χ0v) is 12.6. The van der Waals surface area contributed by atoms with Crippen LogP contribution in [-0.2, 0) is 9.53 Å². The number of hydrogen-bond donors (Lipinski definition) is 1. The fourth-order valence-electron chi connectivity index (χ4n) is 2.26. The highest BCUT2D eigenvalue weighted by atomic mass is 16.5. The van der Waals surface area contributed by atoms with Gasteiger partial charge in [-0.3, -0.25) is 9.59 Å².